The molecule has 2 bridgehead atoms. The maximum atomic E-state index is 12.1. The third kappa shape index (κ3) is 2.53. The minimum atomic E-state index is -0.519. The Labute approximate surface area is 126 Å². The summed E-state index contributed by atoms with van der Waals surface area (Å²) in [7, 11) is 5.99. The highest BCUT2D eigenvalue weighted by atomic mass is 16.5. The molecule has 21 heavy (non-hydrogen) atoms. The molecule has 1 aromatic rings. The van der Waals surface area contributed by atoms with Gasteiger partial charge in [-0.15, -0.1) is 0 Å². The van der Waals surface area contributed by atoms with E-state index in [0.29, 0.717) is 13.0 Å². The molecule has 2 aliphatic rings. The van der Waals surface area contributed by atoms with Crippen LogP contribution in [0.2, 0.25) is 0 Å². The predicted molar refractivity (Wildman–Crippen MR) is 80.6 cm³/mol. The van der Waals surface area contributed by atoms with Gasteiger partial charge in [-0.2, -0.15) is 0 Å². The summed E-state index contributed by atoms with van der Waals surface area (Å²) in [5.74, 6) is 0.129. The summed E-state index contributed by atoms with van der Waals surface area (Å²) < 4.78 is 11.2. The molecular formula is C17H19BO3. The maximum Gasteiger partial charge on any atom is 0.309 e. The van der Waals surface area contributed by atoms with Gasteiger partial charge >= 0.3 is 5.97 Å². The smallest absolute Gasteiger partial charge is 0.309 e. The predicted octanol–water partition coefficient (Wildman–Crippen LogP) is 2.60. The van der Waals surface area contributed by atoms with Gasteiger partial charge in [0.25, 0.3) is 0 Å². The molecule has 3 rings (SSSR count). The summed E-state index contributed by atoms with van der Waals surface area (Å²) in [5, 5.41) is 0. The molecule has 0 N–H and O–H groups in total. The first-order valence-corrected chi connectivity index (χ1v) is 7.32. The van der Waals surface area contributed by atoms with Gasteiger partial charge in [0.2, 0.25) is 0 Å². The molecule has 4 heteroatoms. The van der Waals surface area contributed by atoms with Crippen molar-refractivity contribution in [2.75, 3.05) is 0 Å². The first-order chi connectivity index (χ1) is 10.0. The number of esters is 1. The molecule has 1 aromatic carbocycles. The molecule has 1 aliphatic carbocycles. The van der Waals surface area contributed by atoms with E-state index in [1.54, 1.807) is 0 Å². The van der Waals surface area contributed by atoms with Crippen molar-refractivity contribution in [2.45, 2.75) is 38.0 Å². The Hall–Kier alpha value is -1.55. The van der Waals surface area contributed by atoms with Crippen LogP contribution in [-0.2, 0) is 20.9 Å². The van der Waals surface area contributed by atoms with Crippen molar-refractivity contribution < 1.29 is 14.3 Å². The molecule has 1 unspecified atom stereocenters. The average Bonchev–Trinajstić information content (AvgIpc) is 2.82. The van der Waals surface area contributed by atoms with E-state index < -0.39 is 5.60 Å². The van der Waals surface area contributed by atoms with Crippen LogP contribution in [0.25, 0.3) is 0 Å². The van der Waals surface area contributed by atoms with Crippen molar-refractivity contribution in [1.82, 2.24) is 0 Å². The molecule has 2 fully saturated rings. The Morgan fingerprint density at radius 3 is 2.81 bits per heavy atom. The molecule has 2 radical (unpaired) electrons. The number of hydrogen-bond donors (Lipinski definition) is 0. The highest BCUT2D eigenvalue weighted by Gasteiger charge is 2.58. The Bertz CT molecular complexity index is 556. The maximum absolute atomic E-state index is 12.1. The van der Waals surface area contributed by atoms with Crippen molar-refractivity contribution in [3.05, 3.63) is 48.0 Å². The van der Waals surface area contributed by atoms with Gasteiger partial charge in [0.1, 0.15) is 14.5 Å². The second-order valence-electron chi connectivity index (χ2n) is 6.12. The highest BCUT2D eigenvalue weighted by molar-refractivity contribution is 6.11. The summed E-state index contributed by atoms with van der Waals surface area (Å²) in [6.45, 7) is 6.45. The standard InChI is InChI=1S/C17H19BO3/c1-11-8-17(12(2)15(11)16(18)21-17)9-14(19)20-10-13-6-4-3-5-7-13/h3-7,12,15-16H,1,8-10H2,2H3/t12?,15-,16-,17+/m1/s1. The SMILES string of the molecule is [B][C@@H]1O[C@]2(CC(=O)OCc3ccccc3)CC(=C)[C@@H]1C2C. The fourth-order valence-corrected chi connectivity index (χ4v) is 3.65. The number of benzene rings is 1. The van der Waals surface area contributed by atoms with Crippen molar-refractivity contribution in [3.63, 3.8) is 0 Å². The van der Waals surface area contributed by atoms with E-state index in [2.05, 4.69) is 13.5 Å². The second-order valence-corrected chi connectivity index (χ2v) is 6.12. The first-order valence-electron chi connectivity index (χ1n) is 7.32. The summed E-state index contributed by atoms with van der Waals surface area (Å²) in [6, 6.07) is 9.31. The van der Waals surface area contributed by atoms with Crippen LogP contribution in [0.1, 0.15) is 25.3 Å². The zero-order valence-electron chi connectivity index (χ0n) is 12.2. The molecular weight excluding hydrogens is 263 g/mol. The molecule has 4 atom stereocenters. The van der Waals surface area contributed by atoms with E-state index >= 15 is 0 Å². The summed E-state index contributed by atoms with van der Waals surface area (Å²) in [6.07, 6.45) is 0.942. The Morgan fingerprint density at radius 1 is 1.48 bits per heavy atom. The normalized spacial score (nSPS) is 34.1. The topological polar surface area (TPSA) is 35.5 Å². The van der Waals surface area contributed by atoms with Gasteiger partial charge in [-0.25, -0.2) is 0 Å². The van der Waals surface area contributed by atoms with Crippen molar-refractivity contribution >= 4 is 13.8 Å². The summed E-state index contributed by atoms with van der Waals surface area (Å²) in [5.41, 5.74) is 1.56. The molecule has 0 aromatic heterocycles. The molecule has 0 spiro atoms. The third-order valence-electron chi connectivity index (χ3n) is 4.78. The average molecular weight is 282 g/mol. The lowest BCUT2D eigenvalue weighted by Gasteiger charge is -2.31. The van der Waals surface area contributed by atoms with Gasteiger partial charge in [-0.3, -0.25) is 4.79 Å². The molecule has 3 nitrogen and oxygen atoms in total. The van der Waals surface area contributed by atoms with Crippen LogP contribution >= 0.6 is 0 Å². The van der Waals surface area contributed by atoms with E-state index in [4.69, 9.17) is 17.3 Å². The van der Waals surface area contributed by atoms with Crippen molar-refractivity contribution in [1.29, 1.82) is 0 Å². The van der Waals surface area contributed by atoms with Crippen molar-refractivity contribution in [3.8, 4) is 0 Å². The van der Waals surface area contributed by atoms with E-state index in [-0.39, 0.29) is 30.2 Å². The minimum absolute atomic E-state index is 0.159. The molecule has 0 amide bonds. The fourth-order valence-electron chi connectivity index (χ4n) is 3.65. The zero-order chi connectivity index (χ0) is 15.0. The quantitative estimate of drug-likeness (QED) is 0.484. The molecule has 108 valence electrons. The lowest BCUT2D eigenvalue weighted by atomic mass is 9.80. The second kappa shape index (κ2) is 5.34. The van der Waals surface area contributed by atoms with Gasteiger partial charge in [0.05, 0.1) is 12.0 Å². The summed E-state index contributed by atoms with van der Waals surface area (Å²) in [4.78, 5) is 12.1. The number of hydrogen-bond acceptors (Lipinski definition) is 3. The number of fused-ring (bicyclic) bond motifs is 2. The molecule has 1 heterocycles. The zero-order valence-corrected chi connectivity index (χ0v) is 12.2. The van der Waals surface area contributed by atoms with Gasteiger partial charge in [-0.1, -0.05) is 49.4 Å². The largest absolute Gasteiger partial charge is 0.461 e. The number of rotatable bonds is 4. The van der Waals surface area contributed by atoms with Gasteiger partial charge in [0, 0.05) is 11.9 Å². The summed E-state index contributed by atoms with van der Waals surface area (Å²) >= 11 is 0. The molecule has 1 saturated carbocycles. The van der Waals surface area contributed by atoms with Crippen LogP contribution < -0.4 is 0 Å². The van der Waals surface area contributed by atoms with Gasteiger partial charge in [-0.05, 0) is 17.9 Å². The minimum Gasteiger partial charge on any atom is -0.461 e. The number of carbonyl (C=O) groups excluding carboxylic acids is 1. The van der Waals surface area contributed by atoms with Gasteiger partial charge < -0.3 is 9.47 Å². The molecule has 1 saturated heterocycles. The van der Waals surface area contributed by atoms with E-state index in [9.17, 15) is 4.79 Å². The van der Waals surface area contributed by atoms with E-state index in [1.165, 1.54) is 0 Å². The Balaban J connectivity index is 1.61. The van der Waals surface area contributed by atoms with Crippen LogP contribution in [0.3, 0.4) is 0 Å². The molecule has 1 aliphatic heterocycles. The van der Waals surface area contributed by atoms with Crippen LogP contribution in [0.5, 0.6) is 0 Å². The van der Waals surface area contributed by atoms with Gasteiger partial charge in [0.15, 0.2) is 0 Å². The highest BCUT2D eigenvalue weighted by Crippen LogP contribution is 2.55. The monoisotopic (exact) mass is 282 g/mol. The van der Waals surface area contributed by atoms with Crippen LogP contribution in [0.15, 0.2) is 42.5 Å². The van der Waals surface area contributed by atoms with Crippen LogP contribution in [0.4, 0.5) is 0 Å². The Morgan fingerprint density at radius 2 is 2.19 bits per heavy atom. The van der Waals surface area contributed by atoms with Crippen LogP contribution in [-0.4, -0.2) is 25.4 Å². The first kappa shape index (κ1) is 14.4. The fraction of sp³-hybridized carbons (Fsp3) is 0.471. The number of ether oxygens (including phenoxy) is 2. The lowest BCUT2D eigenvalue weighted by Crippen LogP contribution is -2.37. The third-order valence-corrected chi connectivity index (χ3v) is 4.78. The van der Waals surface area contributed by atoms with E-state index in [1.807, 2.05) is 30.3 Å². The number of carbonyl (C=O) groups is 1. The lowest BCUT2D eigenvalue weighted by molar-refractivity contribution is -0.153. The van der Waals surface area contributed by atoms with Crippen LogP contribution in [0, 0.1) is 11.8 Å². The Kier molecular flexibility index (Phi) is 3.66. The van der Waals surface area contributed by atoms with E-state index in [0.717, 1.165) is 11.1 Å². The van der Waals surface area contributed by atoms with Crippen molar-refractivity contribution in [2.24, 2.45) is 11.8 Å².